The molecule has 1 aromatic carbocycles. The summed E-state index contributed by atoms with van der Waals surface area (Å²) in [7, 11) is 0. The number of carboxylic acid groups (broad SMARTS) is 1. The number of carbonyl (C=O) groups is 3. The largest absolute Gasteiger partial charge is 0.480 e. The summed E-state index contributed by atoms with van der Waals surface area (Å²) < 4.78 is 0. The highest BCUT2D eigenvalue weighted by Gasteiger charge is 2.20. The fourth-order valence-electron chi connectivity index (χ4n) is 2.54. The number of carbonyl (C=O) groups excluding carboxylic acids is 2. The summed E-state index contributed by atoms with van der Waals surface area (Å²) in [5, 5.41) is 14.5. The number of benzene rings is 1. The first-order chi connectivity index (χ1) is 11.9. The maximum absolute atomic E-state index is 12.2. The van der Waals surface area contributed by atoms with Crippen LogP contribution in [0.1, 0.15) is 69.2 Å². The van der Waals surface area contributed by atoms with Crippen LogP contribution in [0, 0.1) is 0 Å². The van der Waals surface area contributed by atoms with Gasteiger partial charge in [-0.1, -0.05) is 45.4 Å². The maximum Gasteiger partial charge on any atom is 0.326 e. The van der Waals surface area contributed by atoms with Gasteiger partial charge in [0.15, 0.2) is 0 Å². The SMILES string of the molecule is CCCCCCCC[C@@H](NC(=O)c1ccc(NC(C)=O)cc1)C(=O)O. The zero-order valence-corrected chi connectivity index (χ0v) is 15.0. The van der Waals surface area contributed by atoms with Crippen molar-refractivity contribution < 1.29 is 19.5 Å². The summed E-state index contributed by atoms with van der Waals surface area (Å²) in [5.41, 5.74) is 0.953. The van der Waals surface area contributed by atoms with Gasteiger partial charge in [0.25, 0.3) is 5.91 Å². The van der Waals surface area contributed by atoms with Crippen molar-refractivity contribution in [1.82, 2.24) is 5.32 Å². The number of nitrogens with one attached hydrogen (secondary N) is 2. The minimum absolute atomic E-state index is 0.193. The van der Waals surface area contributed by atoms with Crippen LogP contribution >= 0.6 is 0 Å². The number of hydrogen-bond donors (Lipinski definition) is 3. The van der Waals surface area contributed by atoms with E-state index in [0.717, 1.165) is 19.3 Å². The molecule has 0 bridgehead atoms. The molecular weight excluding hydrogens is 320 g/mol. The van der Waals surface area contributed by atoms with E-state index in [9.17, 15) is 19.5 Å². The van der Waals surface area contributed by atoms with Crippen molar-refractivity contribution in [3.05, 3.63) is 29.8 Å². The third-order valence-electron chi connectivity index (χ3n) is 3.92. The van der Waals surface area contributed by atoms with Gasteiger partial charge < -0.3 is 15.7 Å². The van der Waals surface area contributed by atoms with Gasteiger partial charge in [-0.15, -0.1) is 0 Å². The van der Waals surface area contributed by atoms with Crippen LogP contribution in [-0.4, -0.2) is 28.9 Å². The molecule has 0 aliphatic heterocycles. The second-order valence-electron chi connectivity index (χ2n) is 6.18. The molecule has 0 saturated carbocycles. The molecule has 138 valence electrons. The second kappa shape index (κ2) is 11.2. The van der Waals surface area contributed by atoms with E-state index in [0.29, 0.717) is 17.7 Å². The van der Waals surface area contributed by atoms with Gasteiger partial charge in [0.2, 0.25) is 5.91 Å². The Morgan fingerprint density at radius 3 is 2.16 bits per heavy atom. The number of anilines is 1. The van der Waals surface area contributed by atoms with Crippen LogP contribution < -0.4 is 10.6 Å². The summed E-state index contributed by atoms with van der Waals surface area (Å²) in [4.78, 5) is 34.5. The van der Waals surface area contributed by atoms with Crippen molar-refractivity contribution in [2.24, 2.45) is 0 Å². The zero-order valence-electron chi connectivity index (χ0n) is 15.0. The molecule has 0 fully saturated rings. The predicted octanol–water partition coefficient (Wildman–Crippen LogP) is 3.58. The number of amides is 2. The molecule has 6 nitrogen and oxygen atoms in total. The molecule has 0 saturated heterocycles. The summed E-state index contributed by atoms with van der Waals surface area (Å²) in [6.07, 6.45) is 6.83. The molecule has 1 rings (SSSR count). The quantitative estimate of drug-likeness (QED) is 0.533. The lowest BCUT2D eigenvalue weighted by Crippen LogP contribution is -2.40. The molecular formula is C19H28N2O4. The molecule has 25 heavy (non-hydrogen) atoms. The van der Waals surface area contributed by atoms with E-state index < -0.39 is 17.9 Å². The van der Waals surface area contributed by atoms with Gasteiger partial charge in [-0.05, 0) is 30.7 Å². The van der Waals surface area contributed by atoms with Crippen LogP contribution in [0.5, 0.6) is 0 Å². The molecule has 0 heterocycles. The first-order valence-electron chi connectivity index (χ1n) is 8.85. The van der Waals surface area contributed by atoms with Crippen molar-refractivity contribution >= 4 is 23.5 Å². The third kappa shape index (κ3) is 8.33. The molecule has 6 heteroatoms. The minimum Gasteiger partial charge on any atom is -0.480 e. The molecule has 0 aliphatic carbocycles. The first kappa shape index (κ1) is 20.7. The normalized spacial score (nSPS) is 11.6. The van der Waals surface area contributed by atoms with Gasteiger partial charge in [-0.2, -0.15) is 0 Å². The van der Waals surface area contributed by atoms with Crippen molar-refractivity contribution in [1.29, 1.82) is 0 Å². The van der Waals surface area contributed by atoms with Crippen molar-refractivity contribution in [3.8, 4) is 0 Å². The highest BCUT2D eigenvalue weighted by molar-refractivity contribution is 5.97. The fourth-order valence-corrected chi connectivity index (χ4v) is 2.54. The fraction of sp³-hybridized carbons (Fsp3) is 0.526. The van der Waals surface area contributed by atoms with Gasteiger partial charge in [-0.25, -0.2) is 4.79 Å². The van der Waals surface area contributed by atoms with Crippen molar-refractivity contribution in [3.63, 3.8) is 0 Å². The lowest BCUT2D eigenvalue weighted by molar-refractivity contribution is -0.139. The van der Waals surface area contributed by atoms with Crippen LogP contribution in [0.4, 0.5) is 5.69 Å². The summed E-state index contributed by atoms with van der Waals surface area (Å²) in [6.45, 7) is 3.55. The first-order valence-corrected chi connectivity index (χ1v) is 8.85. The predicted molar refractivity (Wildman–Crippen MR) is 97.6 cm³/mol. The Balaban J connectivity index is 2.49. The number of hydrogen-bond acceptors (Lipinski definition) is 3. The summed E-state index contributed by atoms with van der Waals surface area (Å²) in [6, 6.07) is 5.46. The van der Waals surface area contributed by atoms with Gasteiger partial charge in [0, 0.05) is 18.2 Å². The average molecular weight is 348 g/mol. The lowest BCUT2D eigenvalue weighted by Gasteiger charge is -2.14. The van der Waals surface area contributed by atoms with E-state index >= 15 is 0 Å². The smallest absolute Gasteiger partial charge is 0.326 e. The van der Waals surface area contributed by atoms with Gasteiger partial charge in [0.1, 0.15) is 6.04 Å². The second-order valence-corrected chi connectivity index (χ2v) is 6.18. The molecule has 0 unspecified atom stereocenters. The Morgan fingerprint density at radius 1 is 1.00 bits per heavy atom. The molecule has 3 N–H and O–H groups in total. The molecule has 1 atom stereocenters. The molecule has 0 radical (unpaired) electrons. The molecule has 0 aliphatic rings. The van der Waals surface area contributed by atoms with E-state index in [1.807, 2.05) is 0 Å². The van der Waals surface area contributed by atoms with E-state index in [1.54, 1.807) is 24.3 Å². The van der Waals surface area contributed by atoms with Gasteiger partial charge in [0.05, 0.1) is 0 Å². The van der Waals surface area contributed by atoms with E-state index in [-0.39, 0.29) is 5.91 Å². The van der Waals surface area contributed by atoms with E-state index in [1.165, 1.54) is 26.2 Å². The van der Waals surface area contributed by atoms with Crippen LogP contribution in [-0.2, 0) is 9.59 Å². The van der Waals surface area contributed by atoms with Gasteiger partial charge in [-0.3, -0.25) is 9.59 Å². The molecule has 0 spiro atoms. The molecule has 0 aromatic heterocycles. The lowest BCUT2D eigenvalue weighted by atomic mass is 10.1. The Kier molecular flexibility index (Phi) is 9.29. The Bertz CT molecular complexity index is 569. The van der Waals surface area contributed by atoms with Crippen LogP contribution in [0.15, 0.2) is 24.3 Å². The zero-order chi connectivity index (χ0) is 18.7. The Labute approximate surface area is 149 Å². The Hall–Kier alpha value is -2.37. The standard InChI is InChI=1S/C19H28N2O4/c1-3-4-5-6-7-8-9-17(19(24)25)21-18(23)15-10-12-16(13-11-15)20-14(2)22/h10-13,17H,3-9H2,1-2H3,(H,20,22)(H,21,23)(H,24,25)/t17-/m1/s1. The highest BCUT2D eigenvalue weighted by Crippen LogP contribution is 2.12. The van der Waals surface area contributed by atoms with Crippen LogP contribution in [0.25, 0.3) is 0 Å². The number of rotatable bonds is 11. The average Bonchev–Trinajstić information content (AvgIpc) is 2.56. The topological polar surface area (TPSA) is 95.5 Å². The summed E-state index contributed by atoms with van der Waals surface area (Å²) in [5.74, 6) is -1.63. The minimum atomic E-state index is -1.02. The monoisotopic (exact) mass is 348 g/mol. The van der Waals surface area contributed by atoms with E-state index in [4.69, 9.17) is 0 Å². The summed E-state index contributed by atoms with van der Waals surface area (Å²) >= 11 is 0. The number of carboxylic acids is 1. The van der Waals surface area contributed by atoms with Crippen LogP contribution in [0.3, 0.4) is 0 Å². The highest BCUT2D eigenvalue weighted by atomic mass is 16.4. The van der Waals surface area contributed by atoms with E-state index in [2.05, 4.69) is 17.6 Å². The van der Waals surface area contributed by atoms with Crippen LogP contribution in [0.2, 0.25) is 0 Å². The molecule has 2 amide bonds. The molecule has 1 aromatic rings. The number of unbranched alkanes of at least 4 members (excludes halogenated alkanes) is 5. The third-order valence-corrected chi connectivity index (χ3v) is 3.92. The number of aliphatic carboxylic acids is 1. The maximum atomic E-state index is 12.2. The van der Waals surface area contributed by atoms with Crippen molar-refractivity contribution in [2.75, 3.05) is 5.32 Å². The van der Waals surface area contributed by atoms with Gasteiger partial charge >= 0.3 is 5.97 Å². The van der Waals surface area contributed by atoms with Crippen molar-refractivity contribution in [2.45, 2.75) is 64.8 Å². The Morgan fingerprint density at radius 2 is 1.60 bits per heavy atom.